The Morgan fingerprint density at radius 2 is 2.35 bits per heavy atom. The molecule has 3 aliphatic rings. The van der Waals surface area contributed by atoms with Crippen molar-refractivity contribution in [1.29, 1.82) is 0 Å². The van der Waals surface area contributed by atoms with Crippen LogP contribution in [-0.2, 0) is 9.47 Å². The number of ether oxygens (including phenoxy) is 2. The summed E-state index contributed by atoms with van der Waals surface area (Å²) in [6.45, 7) is 1.44. The Bertz CT molecular complexity index is 493. The Kier molecular flexibility index (Phi) is 3.23. The molecule has 20 heavy (non-hydrogen) atoms. The van der Waals surface area contributed by atoms with Gasteiger partial charge in [0.25, 0.3) is 0 Å². The monoisotopic (exact) mass is 299 g/mol. The first-order valence-corrected chi connectivity index (χ1v) is 7.48. The largest absolute Gasteiger partial charge is 0.389 e. The van der Waals surface area contributed by atoms with Crippen LogP contribution < -0.4 is 5.32 Å². The van der Waals surface area contributed by atoms with Gasteiger partial charge in [-0.1, -0.05) is 11.6 Å². The van der Waals surface area contributed by atoms with Crippen LogP contribution in [0.2, 0.25) is 5.02 Å². The fourth-order valence-electron chi connectivity index (χ4n) is 3.04. The van der Waals surface area contributed by atoms with Crippen molar-refractivity contribution in [3.8, 4) is 0 Å². The lowest BCUT2D eigenvalue weighted by Crippen LogP contribution is -2.58. The Morgan fingerprint density at radius 1 is 1.50 bits per heavy atom. The maximum Gasteiger partial charge on any atom is 0.183 e. The number of aliphatic hydroxyl groups excluding tert-OH is 1. The van der Waals surface area contributed by atoms with Gasteiger partial charge in [0.05, 0.1) is 30.0 Å². The summed E-state index contributed by atoms with van der Waals surface area (Å²) in [7, 11) is 0. The highest BCUT2D eigenvalue weighted by atomic mass is 35.5. The minimum absolute atomic E-state index is 0.0870. The van der Waals surface area contributed by atoms with Crippen molar-refractivity contribution in [1.82, 2.24) is 15.1 Å². The summed E-state index contributed by atoms with van der Waals surface area (Å²) < 4.78 is 13.2. The molecular formula is C13H18ClN3O3. The zero-order chi connectivity index (χ0) is 13.7. The fourth-order valence-corrected chi connectivity index (χ4v) is 3.18. The van der Waals surface area contributed by atoms with E-state index in [1.807, 2.05) is 0 Å². The maximum atomic E-state index is 10.7. The van der Waals surface area contributed by atoms with Gasteiger partial charge in [0, 0.05) is 6.20 Å². The molecule has 4 rings (SSSR count). The Labute approximate surface area is 122 Å². The number of hydrogen-bond acceptors (Lipinski definition) is 5. The molecule has 3 heterocycles. The van der Waals surface area contributed by atoms with Crippen LogP contribution in [0, 0.1) is 5.92 Å². The van der Waals surface area contributed by atoms with Crippen molar-refractivity contribution in [2.75, 3.05) is 13.2 Å². The van der Waals surface area contributed by atoms with Gasteiger partial charge in [0.2, 0.25) is 0 Å². The van der Waals surface area contributed by atoms with E-state index in [1.165, 1.54) is 12.8 Å². The topological polar surface area (TPSA) is 68.5 Å². The Hall–Kier alpha value is -0.660. The minimum atomic E-state index is -0.601. The second-order valence-corrected chi connectivity index (χ2v) is 6.31. The van der Waals surface area contributed by atoms with E-state index in [-0.39, 0.29) is 18.2 Å². The van der Waals surface area contributed by atoms with Crippen LogP contribution in [0.5, 0.6) is 0 Å². The van der Waals surface area contributed by atoms with E-state index in [0.29, 0.717) is 11.6 Å². The highest BCUT2D eigenvalue weighted by Gasteiger charge is 2.51. The van der Waals surface area contributed by atoms with Gasteiger partial charge in [-0.25, -0.2) is 0 Å². The molecule has 1 saturated carbocycles. The van der Waals surface area contributed by atoms with Gasteiger partial charge in [-0.3, -0.25) is 4.68 Å². The molecule has 1 aliphatic carbocycles. The van der Waals surface area contributed by atoms with E-state index >= 15 is 0 Å². The molecule has 0 aromatic carbocycles. The molecule has 0 spiro atoms. The number of nitrogens with one attached hydrogen (secondary N) is 1. The number of halogens is 1. The first kappa shape index (κ1) is 13.0. The van der Waals surface area contributed by atoms with Crippen molar-refractivity contribution in [3.05, 3.63) is 17.4 Å². The van der Waals surface area contributed by atoms with Crippen molar-refractivity contribution >= 4 is 11.6 Å². The summed E-state index contributed by atoms with van der Waals surface area (Å²) >= 11 is 5.91. The van der Waals surface area contributed by atoms with Crippen LogP contribution in [-0.4, -0.2) is 52.6 Å². The van der Waals surface area contributed by atoms with E-state index in [2.05, 4.69) is 10.4 Å². The molecule has 7 heteroatoms. The number of nitrogens with zero attached hydrogens (tertiary/aromatic N) is 2. The van der Waals surface area contributed by atoms with E-state index < -0.39 is 12.4 Å². The second kappa shape index (κ2) is 4.96. The number of aliphatic hydroxyl groups is 1. The predicted octanol–water partition coefficient (Wildman–Crippen LogP) is 0.562. The molecule has 2 bridgehead atoms. The van der Waals surface area contributed by atoms with E-state index in [0.717, 1.165) is 12.5 Å². The third-order valence-corrected chi connectivity index (χ3v) is 4.54. The molecule has 5 unspecified atom stereocenters. The highest BCUT2D eigenvalue weighted by molar-refractivity contribution is 6.30. The highest BCUT2D eigenvalue weighted by Crippen LogP contribution is 2.36. The van der Waals surface area contributed by atoms with Crippen LogP contribution >= 0.6 is 11.6 Å². The smallest absolute Gasteiger partial charge is 0.183 e. The predicted molar refractivity (Wildman–Crippen MR) is 71.4 cm³/mol. The summed E-state index contributed by atoms with van der Waals surface area (Å²) in [5, 5.41) is 18.8. The van der Waals surface area contributed by atoms with E-state index in [9.17, 15) is 5.11 Å². The third-order valence-electron chi connectivity index (χ3n) is 4.35. The zero-order valence-electron chi connectivity index (χ0n) is 11.0. The van der Waals surface area contributed by atoms with Gasteiger partial charge >= 0.3 is 0 Å². The van der Waals surface area contributed by atoms with Gasteiger partial charge in [0.15, 0.2) is 6.29 Å². The SMILES string of the molecule is OC1C(NCC2CC2)C2COC(O2)C1n1cc(Cl)cn1. The normalized spacial score (nSPS) is 40.2. The molecule has 3 fully saturated rings. The first-order valence-electron chi connectivity index (χ1n) is 7.10. The van der Waals surface area contributed by atoms with Crippen molar-refractivity contribution in [2.45, 2.75) is 43.4 Å². The standard InChI is InChI=1S/C13H18ClN3O3/c14-8-4-16-17(5-8)11-12(18)10(15-3-7-1-2-7)9-6-19-13(11)20-9/h4-5,7,9-13,15,18H,1-3,6H2. The molecule has 2 saturated heterocycles. The summed E-state index contributed by atoms with van der Waals surface area (Å²) in [6.07, 6.45) is 4.66. The van der Waals surface area contributed by atoms with Crippen LogP contribution in [0.15, 0.2) is 12.4 Å². The van der Waals surface area contributed by atoms with Crippen LogP contribution in [0.1, 0.15) is 18.9 Å². The zero-order valence-corrected chi connectivity index (χ0v) is 11.7. The van der Waals surface area contributed by atoms with Gasteiger partial charge < -0.3 is 19.9 Å². The maximum absolute atomic E-state index is 10.7. The Morgan fingerprint density at radius 3 is 3.05 bits per heavy atom. The average Bonchev–Trinajstić information content (AvgIpc) is 3.01. The van der Waals surface area contributed by atoms with Gasteiger partial charge in [0.1, 0.15) is 12.1 Å². The van der Waals surface area contributed by atoms with Crippen LogP contribution in [0.4, 0.5) is 0 Å². The first-order chi connectivity index (χ1) is 9.72. The molecule has 6 nitrogen and oxygen atoms in total. The van der Waals surface area contributed by atoms with Gasteiger partial charge in [-0.15, -0.1) is 0 Å². The van der Waals surface area contributed by atoms with Crippen LogP contribution in [0.3, 0.4) is 0 Å². The lowest BCUT2D eigenvalue weighted by Gasteiger charge is -2.38. The number of fused-ring (bicyclic) bond motifs is 2. The van der Waals surface area contributed by atoms with Crippen molar-refractivity contribution < 1.29 is 14.6 Å². The fraction of sp³-hybridized carbons (Fsp3) is 0.769. The molecule has 1 aromatic heterocycles. The summed E-state index contributed by atoms with van der Waals surface area (Å²) in [5.41, 5.74) is 0. The lowest BCUT2D eigenvalue weighted by atomic mass is 9.96. The molecule has 5 atom stereocenters. The molecular weight excluding hydrogens is 282 g/mol. The van der Waals surface area contributed by atoms with E-state index in [4.69, 9.17) is 21.1 Å². The minimum Gasteiger partial charge on any atom is -0.389 e. The van der Waals surface area contributed by atoms with E-state index in [1.54, 1.807) is 17.1 Å². The number of rotatable bonds is 4. The van der Waals surface area contributed by atoms with Crippen molar-refractivity contribution in [3.63, 3.8) is 0 Å². The molecule has 1 aromatic rings. The summed E-state index contributed by atoms with van der Waals surface area (Å²) in [4.78, 5) is 0. The number of aromatic nitrogens is 2. The quantitative estimate of drug-likeness (QED) is 0.850. The van der Waals surface area contributed by atoms with Gasteiger partial charge in [-0.05, 0) is 25.3 Å². The third kappa shape index (κ3) is 2.25. The molecule has 110 valence electrons. The second-order valence-electron chi connectivity index (χ2n) is 5.87. The summed E-state index contributed by atoms with van der Waals surface area (Å²) in [5.74, 6) is 0.750. The number of hydrogen-bond donors (Lipinski definition) is 2. The van der Waals surface area contributed by atoms with Gasteiger partial charge in [-0.2, -0.15) is 5.10 Å². The molecule has 2 aliphatic heterocycles. The lowest BCUT2D eigenvalue weighted by molar-refractivity contribution is -0.168. The molecule has 0 amide bonds. The average molecular weight is 300 g/mol. The Balaban J connectivity index is 1.55. The van der Waals surface area contributed by atoms with Crippen molar-refractivity contribution in [2.24, 2.45) is 5.92 Å². The van der Waals surface area contributed by atoms with Crippen LogP contribution in [0.25, 0.3) is 0 Å². The molecule has 2 N–H and O–H groups in total. The summed E-state index contributed by atoms with van der Waals surface area (Å²) in [6, 6.07) is -0.486. The molecule has 0 radical (unpaired) electrons.